The fourth-order valence-corrected chi connectivity index (χ4v) is 2.40. The van der Waals surface area contributed by atoms with Crippen LogP contribution in [0.25, 0.3) is 0 Å². The highest BCUT2D eigenvalue weighted by Crippen LogP contribution is 2.26. The van der Waals surface area contributed by atoms with Crippen molar-refractivity contribution in [3.8, 4) is 0 Å². The van der Waals surface area contributed by atoms with Crippen molar-refractivity contribution in [3.63, 3.8) is 0 Å². The minimum atomic E-state index is -0.437. The van der Waals surface area contributed by atoms with Gasteiger partial charge in [0.1, 0.15) is 11.4 Å². The lowest BCUT2D eigenvalue weighted by Crippen LogP contribution is -2.41. The van der Waals surface area contributed by atoms with Crippen LogP contribution in [0.4, 0.5) is 4.79 Å². The molecular weight excluding hydrogens is 266 g/mol. The normalized spacial score (nSPS) is 16.9. The number of rotatable bonds is 2. The van der Waals surface area contributed by atoms with Crippen molar-refractivity contribution in [2.45, 2.75) is 58.5 Å². The van der Waals surface area contributed by atoms with Crippen molar-refractivity contribution in [1.82, 2.24) is 14.9 Å². The van der Waals surface area contributed by atoms with E-state index in [0.29, 0.717) is 19.0 Å². The van der Waals surface area contributed by atoms with Crippen LogP contribution < -0.4 is 0 Å². The van der Waals surface area contributed by atoms with E-state index in [1.54, 1.807) is 4.90 Å². The first-order valence-electron chi connectivity index (χ1n) is 7.68. The van der Waals surface area contributed by atoms with Gasteiger partial charge in [-0.3, -0.25) is 0 Å². The third kappa shape index (κ3) is 4.41. The zero-order valence-electron chi connectivity index (χ0n) is 13.4. The lowest BCUT2D eigenvalue weighted by molar-refractivity contribution is 0.0203. The number of hydrogen-bond acceptors (Lipinski definition) is 4. The number of piperidine rings is 1. The second kappa shape index (κ2) is 6.41. The van der Waals surface area contributed by atoms with E-state index in [4.69, 9.17) is 4.74 Å². The van der Waals surface area contributed by atoms with Crippen molar-refractivity contribution in [2.24, 2.45) is 0 Å². The molecular formula is C16H25N3O2. The molecule has 5 nitrogen and oxygen atoms in total. The molecule has 116 valence electrons. The molecule has 0 aliphatic carbocycles. The number of likely N-dealkylation sites (tertiary alicyclic amines) is 1. The van der Waals surface area contributed by atoms with Gasteiger partial charge >= 0.3 is 6.09 Å². The van der Waals surface area contributed by atoms with Gasteiger partial charge in [0.25, 0.3) is 0 Å². The zero-order valence-corrected chi connectivity index (χ0v) is 13.4. The van der Waals surface area contributed by atoms with Crippen molar-refractivity contribution >= 4 is 6.09 Å². The number of carbonyl (C=O) groups excluding carboxylic acids is 1. The predicted molar refractivity (Wildman–Crippen MR) is 81.2 cm³/mol. The van der Waals surface area contributed by atoms with E-state index >= 15 is 0 Å². The number of aromatic nitrogens is 2. The van der Waals surface area contributed by atoms with E-state index in [2.05, 4.69) is 16.9 Å². The molecule has 2 heterocycles. The fourth-order valence-electron chi connectivity index (χ4n) is 2.40. The van der Waals surface area contributed by atoms with Crippen LogP contribution in [-0.2, 0) is 11.2 Å². The minimum Gasteiger partial charge on any atom is -0.444 e. The summed E-state index contributed by atoms with van der Waals surface area (Å²) in [7, 11) is 0. The summed E-state index contributed by atoms with van der Waals surface area (Å²) in [5, 5.41) is 0. The van der Waals surface area contributed by atoms with Gasteiger partial charge in [0, 0.05) is 31.4 Å². The third-order valence-corrected chi connectivity index (χ3v) is 3.65. The van der Waals surface area contributed by atoms with E-state index in [1.165, 1.54) is 0 Å². The first kappa shape index (κ1) is 15.7. The summed E-state index contributed by atoms with van der Waals surface area (Å²) in [6.07, 6.45) is 6.33. The molecule has 1 aromatic heterocycles. The van der Waals surface area contributed by atoms with Crippen LogP contribution in [0.3, 0.4) is 0 Å². The molecule has 0 radical (unpaired) electrons. The van der Waals surface area contributed by atoms with Gasteiger partial charge in [0.05, 0.1) is 0 Å². The van der Waals surface area contributed by atoms with Crippen molar-refractivity contribution in [1.29, 1.82) is 0 Å². The molecule has 5 heteroatoms. The van der Waals surface area contributed by atoms with Gasteiger partial charge in [0.2, 0.25) is 0 Å². The van der Waals surface area contributed by atoms with E-state index in [9.17, 15) is 4.79 Å². The quantitative estimate of drug-likeness (QED) is 0.840. The Morgan fingerprint density at radius 3 is 2.33 bits per heavy atom. The molecule has 0 atom stereocenters. The second-order valence-electron chi connectivity index (χ2n) is 6.54. The van der Waals surface area contributed by atoms with Crippen LogP contribution >= 0.6 is 0 Å². The largest absolute Gasteiger partial charge is 0.444 e. The van der Waals surface area contributed by atoms with E-state index in [-0.39, 0.29) is 6.09 Å². The first-order chi connectivity index (χ1) is 9.89. The van der Waals surface area contributed by atoms with E-state index in [0.717, 1.165) is 30.7 Å². The minimum absolute atomic E-state index is 0.219. The molecule has 1 fully saturated rings. The van der Waals surface area contributed by atoms with Crippen LogP contribution in [0.15, 0.2) is 12.4 Å². The molecule has 1 aliphatic rings. The third-order valence-electron chi connectivity index (χ3n) is 3.65. The van der Waals surface area contributed by atoms with Crippen molar-refractivity contribution in [3.05, 3.63) is 23.8 Å². The molecule has 1 aliphatic heterocycles. The summed E-state index contributed by atoms with van der Waals surface area (Å²) in [6.45, 7) is 9.18. The standard InChI is InChI=1S/C16H25N3O2/c1-5-12-10-17-14(18-11-12)13-6-8-19(9-7-13)15(20)21-16(2,3)4/h10-11,13H,5-9H2,1-4H3. The molecule has 0 saturated carbocycles. The van der Waals surface area contributed by atoms with Gasteiger partial charge < -0.3 is 9.64 Å². The van der Waals surface area contributed by atoms with Crippen LogP contribution in [0, 0.1) is 0 Å². The topological polar surface area (TPSA) is 55.3 Å². The number of ether oxygens (including phenoxy) is 1. The maximum absolute atomic E-state index is 12.0. The van der Waals surface area contributed by atoms with Crippen molar-refractivity contribution < 1.29 is 9.53 Å². The van der Waals surface area contributed by atoms with Gasteiger partial charge in [-0.25, -0.2) is 14.8 Å². The highest BCUT2D eigenvalue weighted by atomic mass is 16.6. The average Bonchev–Trinajstić information content (AvgIpc) is 2.46. The average molecular weight is 291 g/mol. The number of hydrogen-bond donors (Lipinski definition) is 0. The summed E-state index contributed by atoms with van der Waals surface area (Å²) in [5.74, 6) is 1.24. The summed E-state index contributed by atoms with van der Waals surface area (Å²) in [6, 6.07) is 0. The summed E-state index contributed by atoms with van der Waals surface area (Å²) >= 11 is 0. The maximum atomic E-state index is 12.0. The Kier molecular flexibility index (Phi) is 4.80. The molecule has 1 aromatic rings. The van der Waals surface area contributed by atoms with Gasteiger partial charge in [-0.1, -0.05) is 6.92 Å². The Balaban J connectivity index is 1.89. The SMILES string of the molecule is CCc1cnc(C2CCN(C(=O)OC(C)(C)C)CC2)nc1. The molecule has 21 heavy (non-hydrogen) atoms. The van der Waals surface area contributed by atoms with Crippen LogP contribution in [0.2, 0.25) is 0 Å². The first-order valence-corrected chi connectivity index (χ1v) is 7.68. The summed E-state index contributed by atoms with van der Waals surface area (Å²) < 4.78 is 5.40. The van der Waals surface area contributed by atoms with Gasteiger partial charge in [-0.05, 0) is 45.6 Å². The molecule has 1 amide bonds. The summed E-state index contributed by atoms with van der Waals surface area (Å²) in [5.41, 5.74) is 0.720. The van der Waals surface area contributed by atoms with Gasteiger partial charge in [0.15, 0.2) is 0 Å². The number of aryl methyl sites for hydroxylation is 1. The maximum Gasteiger partial charge on any atom is 0.410 e. The van der Waals surface area contributed by atoms with E-state index < -0.39 is 5.60 Å². The molecule has 0 aromatic carbocycles. The molecule has 0 bridgehead atoms. The Hall–Kier alpha value is -1.65. The van der Waals surface area contributed by atoms with Gasteiger partial charge in [-0.15, -0.1) is 0 Å². The van der Waals surface area contributed by atoms with Crippen molar-refractivity contribution in [2.75, 3.05) is 13.1 Å². The van der Waals surface area contributed by atoms with E-state index in [1.807, 2.05) is 33.2 Å². The van der Waals surface area contributed by atoms with Crippen LogP contribution in [0.1, 0.15) is 57.8 Å². The number of carbonyl (C=O) groups is 1. The summed E-state index contributed by atoms with van der Waals surface area (Å²) in [4.78, 5) is 22.7. The van der Waals surface area contributed by atoms with Crippen LogP contribution in [-0.4, -0.2) is 39.7 Å². The zero-order chi connectivity index (χ0) is 15.5. The second-order valence-corrected chi connectivity index (χ2v) is 6.54. The fraction of sp³-hybridized carbons (Fsp3) is 0.688. The number of amides is 1. The molecule has 2 rings (SSSR count). The number of nitrogens with zero attached hydrogens (tertiary/aromatic N) is 3. The molecule has 1 saturated heterocycles. The highest BCUT2D eigenvalue weighted by Gasteiger charge is 2.28. The predicted octanol–water partition coefficient (Wildman–Crippen LogP) is 3.15. The lowest BCUT2D eigenvalue weighted by atomic mass is 9.96. The van der Waals surface area contributed by atoms with Gasteiger partial charge in [-0.2, -0.15) is 0 Å². The molecule has 0 spiro atoms. The monoisotopic (exact) mass is 291 g/mol. The molecule has 0 N–H and O–H groups in total. The Labute approximate surface area is 126 Å². The smallest absolute Gasteiger partial charge is 0.410 e. The molecule has 0 unspecified atom stereocenters. The highest BCUT2D eigenvalue weighted by molar-refractivity contribution is 5.68. The Morgan fingerprint density at radius 2 is 1.86 bits per heavy atom. The Morgan fingerprint density at radius 1 is 1.29 bits per heavy atom. The lowest BCUT2D eigenvalue weighted by Gasteiger charge is -2.32. The Bertz CT molecular complexity index is 471. The van der Waals surface area contributed by atoms with Crippen LogP contribution in [0.5, 0.6) is 0 Å².